The van der Waals surface area contributed by atoms with Gasteiger partial charge in [0.15, 0.2) is 12.1 Å². The molecule has 3 aliphatic rings. The van der Waals surface area contributed by atoms with Crippen LogP contribution in [0.15, 0.2) is 96.4 Å². The van der Waals surface area contributed by atoms with Gasteiger partial charge in [-0.25, -0.2) is 9.78 Å². The summed E-state index contributed by atoms with van der Waals surface area (Å²) in [6.45, 7) is 4.01. The standard InChI is InChI=1S/C31H32N3O2S/c35-31(29(24-10-4-1-5-11-24)32-26-14-8-3-9-15-26)36-28-21-34(18-16-23(28)17-19-34)20-27-22-37-30(33-27)25-12-6-2-7-13-25/h1-15,22-23,28-29,32H,16-21H2/q+1/t23?,28-,29?,34?/m0/s1. The Labute approximate surface area is 222 Å². The first-order chi connectivity index (χ1) is 18.2. The molecule has 0 aliphatic carbocycles. The third kappa shape index (κ3) is 5.31. The first kappa shape index (κ1) is 23.9. The number of anilines is 1. The van der Waals surface area contributed by atoms with Crippen LogP contribution in [0.1, 0.15) is 30.1 Å². The molecule has 1 unspecified atom stereocenters. The third-order valence-corrected chi connectivity index (χ3v) is 8.77. The second kappa shape index (κ2) is 10.5. The number of fused-ring (bicyclic) bond motifs is 3. The average Bonchev–Trinajstić information content (AvgIpc) is 3.41. The summed E-state index contributed by atoms with van der Waals surface area (Å²) in [5.74, 6) is 0.236. The molecule has 7 rings (SSSR count). The van der Waals surface area contributed by atoms with Crippen molar-refractivity contribution >= 4 is 23.0 Å². The van der Waals surface area contributed by atoms with E-state index in [0.717, 1.165) is 65.5 Å². The summed E-state index contributed by atoms with van der Waals surface area (Å²) in [6, 6.07) is 29.6. The van der Waals surface area contributed by atoms with Crippen molar-refractivity contribution in [3.05, 3.63) is 108 Å². The Balaban J connectivity index is 1.17. The van der Waals surface area contributed by atoms with Crippen LogP contribution in [0.25, 0.3) is 10.6 Å². The highest BCUT2D eigenvalue weighted by atomic mass is 32.1. The van der Waals surface area contributed by atoms with Gasteiger partial charge in [0.25, 0.3) is 0 Å². The van der Waals surface area contributed by atoms with Crippen LogP contribution in [0.5, 0.6) is 0 Å². The van der Waals surface area contributed by atoms with Gasteiger partial charge < -0.3 is 14.5 Å². The number of benzene rings is 3. The molecule has 1 N–H and O–H groups in total. The smallest absolute Gasteiger partial charge is 0.333 e. The van der Waals surface area contributed by atoms with Gasteiger partial charge in [-0.1, -0.05) is 78.9 Å². The number of thiazole rings is 1. The zero-order chi connectivity index (χ0) is 25.1. The Kier molecular flexibility index (Phi) is 6.77. The third-order valence-electron chi connectivity index (χ3n) is 7.83. The number of para-hydroxylation sites is 1. The number of hydrogen-bond acceptors (Lipinski definition) is 5. The van der Waals surface area contributed by atoms with Gasteiger partial charge in [-0.2, -0.15) is 0 Å². The summed E-state index contributed by atoms with van der Waals surface area (Å²) in [4.78, 5) is 18.6. The fourth-order valence-corrected chi connectivity index (χ4v) is 6.67. The number of carbonyl (C=O) groups excluding carboxylic acids is 1. The van der Waals surface area contributed by atoms with E-state index < -0.39 is 6.04 Å². The molecule has 5 nitrogen and oxygen atoms in total. The van der Waals surface area contributed by atoms with Gasteiger partial charge in [-0.05, 0) is 17.7 Å². The van der Waals surface area contributed by atoms with Crippen LogP contribution < -0.4 is 5.32 Å². The van der Waals surface area contributed by atoms with E-state index in [9.17, 15) is 4.79 Å². The van der Waals surface area contributed by atoms with Gasteiger partial charge in [0.2, 0.25) is 0 Å². The van der Waals surface area contributed by atoms with Crippen molar-refractivity contribution in [1.82, 2.24) is 4.98 Å². The maximum Gasteiger partial charge on any atom is 0.333 e. The van der Waals surface area contributed by atoms with Crippen molar-refractivity contribution < 1.29 is 14.0 Å². The molecular weight excluding hydrogens is 478 g/mol. The second-order valence-corrected chi connectivity index (χ2v) is 11.2. The molecule has 3 aliphatic heterocycles. The predicted molar refractivity (Wildman–Crippen MR) is 148 cm³/mol. The van der Waals surface area contributed by atoms with Gasteiger partial charge in [0, 0.05) is 35.4 Å². The zero-order valence-electron chi connectivity index (χ0n) is 20.8. The predicted octanol–water partition coefficient (Wildman–Crippen LogP) is 6.32. The van der Waals surface area contributed by atoms with Gasteiger partial charge in [0.1, 0.15) is 23.8 Å². The highest BCUT2D eigenvalue weighted by Crippen LogP contribution is 2.38. The molecule has 2 atom stereocenters. The lowest BCUT2D eigenvalue weighted by Crippen LogP contribution is -2.64. The molecule has 3 aromatic carbocycles. The monoisotopic (exact) mass is 510 g/mol. The minimum absolute atomic E-state index is 0.0639. The number of ether oxygens (including phenoxy) is 1. The van der Waals surface area contributed by atoms with Crippen LogP contribution in [0.3, 0.4) is 0 Å². The van der Waals surface area contributed by atoms with Crippen molar-refractivity contribution in [1.29, 1.82) is 0 Å². The summed E-state index contributed by atoms with van der Waals surface area (Å²) in [7, 11) is 0. The molecule has 6 heteroatoms. The minimum Gasteiger partial charge on any atom is -0.454 e. The molecule has 4 aromatic rings. The lowest BCUT2D eigenvalue weighted by atomic mass is 9.83. The number of nitrogens with one attached hydrogen (secondary N) is 1. The SMILES string of the molecule is O=C(O[C@H]1C[N+]2(Cc3csc(-c4ccccc4)n3)CCC1CC2)C(Nc1ccccc1)c1ccccc1. The molecule has 0 saturated carbocycles. The van der Waals surface area contributed by atoms with E-state index in [-0.39, 0.29) is 12.1 Å². The van der Waals surface area contributed by atoms with Crippen molar-refractivity contribution in [2.24, 2.45) is 5.92 Å². The normalized spacial score (nSPS) is 23.4. The maximum absolute atomic E-state index is 13.6. The molecule has 188 valence electrons. The molecular formula is C31H32N3O2S+. The molecule has 2 bridgehead atoms. The van der Waals surface area contributed by atoms with E-state index in [1.54, 1.807) is 11.3 Å². The highest BCUT2D eigenvalue weighted by Gasteiger charge is 2.48. The highest BCUT2D eigenvalue weighted by molar-refractivity contribution is 7.13. The van der Waals surface area contributed by atoms with E-state index in [0.29, 0.717) is 5.92 Å². The number of esters is 1. The van der Waals surface area contributed by atoms with Crippen molar-refractivity contribution in [2.75, 3.05) is 25.0 Å². The Hall–Kier alpha value is -3.48. The van der Waals surface area contributed by atoms with Crippen LogP contribution in [-0.4, -0.2) is 41.2 Å². The van der Waals surface area contributed by atoms with Gasteiger partial charge in [0.05, 0.1) is 13.1 Å². The molecule has 1 aromatic heterocycles. The lowest BCUT2D eigenvalue weighted by Gasteiger charge is -2.51. The number of aromatic nitrogens is 1. The lowest BCUT2D eigenvalue weighted by molar-refractivity contribution is -0.958. The van der Waals surface area contributed by atoms with Gasteiger partial charge in [-0.15, -0.1) is 11.3 Å². The van der Waals surface area contributed by atoms with Crippen LogP contribution in [-0.2, 0) is 16.1 Å². The quantitative estimate of drug-likeness (QED) is 0.223. The summed E-state index contributed by atoms with van der Waals surface area (Å²) in [5, 5.41) is 6.68. The van der Waals surface area contributed by atoms with E-state index >= 15 is 0 Å². The number of piperidine rings is 3. The number of rotatable bonds is 8. The first-order valence-electron chi connectivity index (χ1n) is 13.1. The largest absolute Gasteiger partial charge is 0.454 e. The van der Waals surface area contributed by atoms with Crippen molar-refractivity contribution in [2.45, 2.75) is 31.5 Å². The Morgan fingerprint density at radius 1 is 0.946 bits per heavy atom. The molecule has 37 heavy (non-hydrogen) atoms. The van der Waals surface area contributed by atoms with E-state index in [1.165, 1.54) is 5.56 Å². The number of quaternary nitrogens is 1. The molecule has 3 fully saturated rings. The number of nitrogens with zero attached hydrogens (tertiary/aromatic N) is 2. The molecule has 0 radical (unpaired) electrons. The Morgan fingerprint density at radius 3 is 2.30 bits per heavy atom. The minimum atomic E-state index is -0.542. The van der Waals surface area contributed by atoms with Crippen LogP contribution in [0.4, 0.5) is 5.69 Å². The fraction of sp³-hybridized carbons (Fsp3) is 0.290. The molecule has 4 heterocycles. The van der Waals surface area contributed by atoms with Crippen molar-refractivity contribution in [3.63, 3.8) is 0 Å². The van der Waals surface area contributed by atoms with Gasteiger partial charge >= 0.3 is 5.97 Å². The zero-order valence-corrected chi connectivity index (χ0v) is 21.6. The Morgan fingerprint density at radius 2 is 1.59 bits per heavy atom. The fourth-order valence-electron chi connectivity index (χ4n) is 5.86. The summed E-state index contributed by atoms with van der Waals surface area (Å²) >= 11 is 1.71. The van der Waals surface area contributed by atoms with E-state index in [4.69, 9.17) is 9.72 Å². The van der Waals surface area contributed by atoms with Crippen LogP contribution in [0.2, 0.25) is 0 Å². The topological polar surface area (TPSA) is 51.2 Å². The molecule has 0 amide bonds. The molecule has 0 spiro atoms. The van der Waals surface area contributed by atoms with Crippen LogP contribution in [0, 0.1) is 5.92 Å². The Bertz CT molecular complexity index is 1320. The van der Waals surface area contributed by atoms with Crippen LogP contribution >= 0.6 is 11.3 Å². The average molecular weight is 511 g/mol. The molecule has 3 saturated heterocycles. The van der Waals surface area contributed by atoms with E-state index in [2.05, 4.69) is 35.0 Å². The van der Waals surface area contributed by atoms with E-state index in [1.807, 2.05) is 66.7 Å². The summed E-state index contributed by atoms with van der Waals surface area (Å²) < 4.78 is 7.27. The van der Waals surface area contributed by atoms with Crippen molar-refractivity contribution in [3.8, 4) is 10.6 Å². The maximum atomic E-state index is 13.6. The first-order valence-corrected chi connectivity index (χ1v) is 14.0. The number of hydrogen-bond donors (Lipinski definition) is 1. The summed E-state index contributed by atoms with van der Waals surface area (Å²) in [5.41, 5.74) is 4.13. The number of carbonyl (C=O) groups is 1. The van der Waals surface area contributed by atoms with Gasteiger partial charge in [-0.3, -0.25) is 0 Å². The summed E-state index contributed by atoms with van der Waals surface area (Å²) in [6.07, 6.45) is 2.12. The second-order valence-electron chi connectivity index (χ2n) is 10.3.